The third kappa shape index (κ3) is 3.05. The summed E-state index contributed by atoms with van der Waals surface area (Å²) in [5.41, 5.74) is 7.95. The van der Waals surface area contributed by atoms with Crippen LogP contribution in [0.2, 0.25) is 5.02 Å². The maximum Gasteiger partial charge on any atom is 0.138 e. The summed E-state index contributed by atoms with van der Waals surface area (Å²) < 4.78 is 5.78. The van der Waals surface area contributed by atoms with E-state index in [1.54, 1.807) is 11.3 Å². The van der Waals surface area contributed by atoms with Crippen molar-refractivity contribution in [3.8, 4) is 5.75 Å². The van der Waals surface area contributed by atoms with Crippen LogP contribution < -0.4 is 10.5 Å². The van der Waals surface area contributed by atoms with Crippen molar-refractivity contribution in [2.24, 2.45) is 5.73 Å². The Labute approximate surface area is 116 Å². The summed E-state index contributed by atoms with van der Waals surface area (Å²) in [4.78, 5) is 2.43. The fraction of sp³-hybridized carbons (Fsp3) is 0.286. The van der Waals surface area contributed by atoms with Crippen LogP contribution in [0.15, 0.2) is 24.3 Å². The van der Waals surface area contributed by atoms with Gasteiger partial charge in [-0.25, -0.2) is 0 Å². The number of hydrogen-bond acceptors (Lipinski definition) is 3. The van der Waals surface area contributed by atoms with Crippen molar-refractivity contribution >= 4 is 22.9 Å². The molecule has 0 amide bonds. The molecular formula is C14H16ClNOS. The molecule has 2 aromatic rings. The van der Waals surface area contributed by atoms with Gasteiger partial charge in [-0.2, -0.15) is 0 Å². The Morgan fingerprint density at radius 1 is 1.28 bits per heavy atom. The van der Waals surface area contributed by atoms with Gasteiger partial charge in [-0.15, -0.1) is 11.3 Å². The summed E-state index contributed by atoms with van der Waals surface area (Å²) in [6.07, 6.45) is 0. The summed E-state index contributed by atoms with van der Waals surface area (Å²) >= 11 is 7.81. The number of halogens is 1. The van der Waals surface area contributed by atoms with Crippen molar-refractivity contribution in [1.82, 2.24) is 0 Å². The Morgan fingerprint density at radius 2 is 2.06 bits per heavy atom. The second-order valence-corrected chi connectivity index (χ2v) is 5.97. The third-order valence-electron chi connectivity index (χ3n) is 2.74. The lowest BCUT2D eigenvalue weighted by Crippen LogP contribution is -1.97. The number of rotatable bonds is 4. The molecule has 0 fully saturated rings. The average Bonchev–Trinajstić information content (AvgIpc) is 2.71. The lowest BCUT2D eigenvalue weighted by Gasteiger charge is -2.08. The maximum atomic E-state index is 6.09. The van der Waals surface area contributed by atoms with Gasteiger partial charge in [0.1, 0.15) is 12.4 Å². The molecule has 2 nitrogen and oxygen atoms in total. The topological polar surface area (TPSA) is 35.2 Å². The van der Waals surface area contributed by atoms with E-state index in [0.29, 0.717) is 18.2 Å². The molecular weight excluding hydrogens is 266 g/mol. The van der Waals surface area contributed by atoms with Crippen molar-refractivity contribution in [2.75, 3.05) is 0 Å². The van der Waals surface area contributed by atoms with E-state index in [9.17, 15) is 0 Å². The molecule has 0 spiro atoms. The number of aryl methyl sites for hydroxylation is 2. The number of thiophene rings is 1. The Bertz CT molecular complexity index is 551. The van der Waals surface area contributed by atoms with Gasteiger partial charge in [-0.3, -0.25) is 0 Å². The molecule has 0 aliphatic heterocycles. The molecule has 0 bridgehead atoms. The monoisotopic (exact) mass is 281 g/mol. The van der Waals surface area contributed by atoms with Crippen LogP contribution in [-0.2, 0) is 13.2 Å². The van der Waals surface area contributed by atoms with Crippen molar-refractivity contribution < 1.29 is 4.74 Å². The minimum Gasteiger partial charge on any atom is -0.487 e. The zero-order valence-electron chi connectivity index (χ0n) is 10.5. The van der Waals surface area contributed by atoms with Crippen molar-refractivity contribution in [3.05, 3.63) is 50.2 Å². The number of hydrogen-bond donors (Lipinski definition) is 1. The standard InChI is InChI=1S/C14H16ClNOS/c1-9-3-4-13(15)14(5-9)17-8-11-6-12(7-16)18-10(11)2/h3-6H,7-8,16H2,1-2H3. The van der Waals surface area contributed by atoms with E-state index in [2.05, 4.69) is 13.0 Å². The van der Waals surface area contributed by atoms with Crippen molar-refractivity contribution in [2.45, 2.75) is 27.0 Å². The van der Waals surface area contributed by atoms with E-state index >= 15 is 0 Å². The summed E-state index contributed by atoms with van der Waals surface area (Å²) in [6.45, 7) is 5.22. The first kappa shape index (κ1) is 13.4. The Hall–Kier alpha value is -1.03. The van der Waals surface area contributed by atoms with Gasteiger partial charge in [-0.1, -0.05) is 17.7 Å². The lowest BCUT2D eigenvalue weighted by molar-refractivity contribution is 0.306. The molecule has 18 heavy (non-hydrogen) atoms. The van der Waals surface area contributed by atoms with Gasteiger partial charge >= 0.3 is 0 Å². The first-order valence-corrected chi connectivity index (χ1v) is 6.97. The van der Waals surface area contributed by atoms with Crippen LogP contribution in [0.4, 0.5) is 0 Å². The molecule has 0 unspecified atom stereocenters. The second-order valence-electron chi connectivity index (χ2n) is 4.22. The second kappa shape index (κ2) is 5.74. The summed E-state index contributed by atoms with van der Waals surface area (Å²) in [5.74, 6) is 0.733. The van der Waals surface area contributed by atoms with E-state index in [1.165, 1.54) is 15.3 Å². The van der Waals surface area contributed by atoms with Gasteiger partial charge in [0.25, 0.3) is 0 Å². The Kier molecular flexibility index (Phi) is 4.27. The van der Waals surface area contributed by atoms with Crippen LogP contribution in [0.1, 0.15) is 20.9 Å². The molecule has 4 heteroatoms. The SMILES string of the molecule is Cc1ccc(Cl)c(OCc2cc(CN)sc2C)c1. The highest BCUT2D eigenvalue weighted by Gasteiger charge is 2.07. The van der Waals surface area contributed by atoms with Gasteiger partial charge in [0, 0.05) is 21.9 Å². The van der Waals surface area contributed by atoms with Crippen LogP contribution in [-0.4, -0.2) is 0 Å². The molecule has 1 aromatic carbocycles. The average molecular weight is 282 g/mol. The van der Waals surface area contributed by atoms with E-state index in [1.807, 2.05) is 25.1 Å². The van der Waals surface area contributed by atoms with Crippen LogP contribution in [0, 0.1) is 13.8 Å². The van der Waals surface area contributed by atoms with Crippen LogP contribution in [0.25, 0.3) is 0 Å². The molecule has 0 saturated heterocycles. The predicted octanol–water partition coefficient (Wildman–Crippen LogP) is 4.06. The highest BCUT2D eigenvalue weighted by atomic mass is 35.5. The minimum atomic E-state index is 0.533. The number of ether oxygens (including phenoxy) is 1. The normalized spacial score (nSPS) is 10.7. The molecule has 1 aromatic heterocycles. The fourth-order valence-electron chi connectivity index (χ4n) is 1.71. The quantitative estimate of drug-likeness (QED) is 0.917. The van der Waals surface area contributed by atoms with Crippen molar-refractivity contribution in [3.63, 3.8) is 0 Å². The van der Waals surface area contributed by atoms with E-state index in [-0.39, 0.29) is 0 Å². The smallest absolute Gasteiger partial charge is 0.138 e. The zero-order chi connectivity index (χ0) is 13.1. The van der Waals surface area contributed by atoms with Crippen LogP contribution in [0.5, 0.6) is 5.75 Å². The summed E-state index contributed by atoms with van der Waals surface area (Å²) in [7, 11) is 0. The summed E-state index contributed by atoms with van der Waals surface area (Å²) in [5, 5.41) is 0.646. The molecule has 96 valence electrons. The van der Waals surface area contributed by atoms with E-state index in [4.69, 9.17) is 22.1 Å². The van der Waals surface area contributed by atoms with Gasteiger partial charge in [0.05, 0.1) is 5.02 Å². The molecule has 0 saturated carbocycles. The molecule has 0 atom stereocenters. The first-order chi connectivity index (χ1) is 8.60. The minimum absolute atomic E-state index is 0.533. The highest BCUT2D eigenvalue weighted by molar-refractivity contribution is 7.12. The number of nitrogens with two attached hydrogens (primary N) is 1. The summed E-state index contributed by atoms with van der Waals surface area (Å²) in [6, 6.07) is 7.88. The van der Waals surface area contributed by atoms with Crippen LogP contribution >= 0.6 is 22.9 Å². The van der Waals surface area contributed by atoms with E-state index in [0.717, 1.165) is 11.3 Å². The molecule has 0 radical (unpaired) electrons. The molecule has 1 heterocycles. The molecule has 0 aliphatic carbocycles. The molecule has 2 N–H and O–H groups in total. The van der Waals surface area contributed by atoms with Crippen LogP contribution in [0.3, 0.4) is 0 Å². The first-order valence-electron chi connectivity index (χ1n) is 5.77. The van der Waals surface area contributed by atoms with Gasteiger partial charge in [0.2, 0.25) is 0 Å². The Balaban J connectivity index is 2.11. The molecule has 2 rings (SSSR count). The lowest BCUT2D eigenvalue weighted by atomic mass is 10.2. The molecule has 0 aliphatic rings. The predicted molar refractivity (Wildman–Crippen MR) is 77.5 cm³/mol. The number of benzene rings is 1. The largest absolute Gasteiger partial charge is 0.487 e. The van der Waals surface area contributed by atoms with Crippen molar-refractivity contribution in [1.29, 1.82) is 0 Å². The maximum absolute atomic E-state index is 6.09. The van der Waals surface area contributed by atoms with E-state index < -0.39 is 0 Å². The third-order valence-corrected chi connectivity index (χ3v) is 4.17. The fourth-order valence-corrected chi connectivity index (χ4v) is 2.81. The van der Waals surface area contributed by atoms with Gasteiger partial charge in [0.15, 0.2) is 0 Å². The Morgan fingerprint density at radius 3 is 2.72 bits per heavy atom. The highest BCUT2D eigenvalue weighted by Crippen LogP contribution is 2.28. The van der Waals surface area contributed by atoms with Gasteiger partial charge in [-0.05, 0) is 37.6 Å². The van der Waals surface area contributed by atoms with Gasteiger partial charge < -0.3 is 10.5 Å². The zero-order valence-corrected chi connectivity index (χ0v) is 12.1.